The molecule has 0 aliphatic heterocycles. The highest BCUT2D eigenvalue weighted by atomic mass is 16.5. The molecule has 0 aromatic heterocycles. The second kappa shape index (κ2) is 4.61. The normalized spacial score (nSPS) is 9.36. The molecule has 1 aromatic carbocycles. The van der Waals surface area contributed by atoms with E-state index in [1.165, 1.54) is 0 Å². The van der Waals surface area contributed by atoms with Gasteiger partial charge in [0.1, 0.15) is 5.75 Å². The lowest BCUT2D eigenvalue weighted by Gasteiger charge is -2.08. The van der Waals surface area contributed by atoms with E-state index in [2.05, 4.69) is 0 Å². The molecule has 0 N–H and O–H groups in total. The van der Waals surface area contributed by atoms with Crippen molar-refractivity contribution in [2.45, 2.75) is 13.8 Å². The van der Waals surface area contributed by atoms with Crippen LogP contribution in [0.5, 0.6) is 5.75 Å². The van der Waals surface area contributed by atoms with Crippen molar-refractivity contribution < 1.29 is 9.53 Å². The van der Waals surface area contributed by atoms with E-state index in [4.69, 9.17) is 4.74 Å². The zero-order valence-electron chi connectivity index (χ0n) is 8.70. The molecule has 1 rings (SSSR count). The molecule has 74 valence electrons. The smallest absolute Gasteiger partial charge is 0.150 e. The highest BCUT2D eigenvalue weighted by molar-refractivity contribution is 6.09. The molecule has 0 unspecified atom stereocenters. The molecule has 14 heavy (non-hydrogen) atoms. The van der Waals surface area contributed by atoms with E-state index < -0.39 is 0 Å². The minimum absolute atomic E-state index is 0.697. The summed E-state index contributed by atoms with van der Waals surface area (Å²) < 4.78 is 5.19. The predicted molar refractivity (Wildman–Crippen MR) is 57.3 cm³/mol. The molecule has 0 heterocycles. The summed E-state index contributed by atoms with van der Waals surface area (Å²) in [7, 11) is 1.60. The van der Waals surface area contributed by atoms with Gasteiger partial charge in [-0.3, -0.25) is 4.79 Å². The van der Waals surface area contributed by atoms with Gasteiger partial charge < -0.3 is 4.74 Å². The van der Waals surface area contributed by atoms with Crippen LogP contribution in [0.1, 0.15) is 19.4 Å². The van der Waals surface area contributed by atoms with Gasteiger partial charge in [0.05, 0.1) is 7.11 Å². The second-order valence-electron chi connectivity index (χ2n) is 3.23. The van der Waals surface area contributed by atoms with E-state index in [1.807, 2.05) is 38.1 Å². The standard InChI is InChI=1S/C12H14O2/c1-9(2)11(8-13)10-6-4-5-7-12(10)14-3/h4-8H,1-3H3. The summed E-state index contributed by atoms with van der Waals surface area (Å²) in [4.78, 5) is 10.9. The first-order chi connectivity index (χ1) is 6.70. The quantitative estimate of drug-likeness (QED) is 0.541. The summed E-state index contributed by atoms with van der Waals surface area (Å²) in [6.45, 7) is 3.83. The van der Waals surface area contributed by atoms with Crippen molar-refractivity contribution in [3.63, 3.8) is 0 Å². The lowest BCUT2D eigenvalue weighted by atomic mass is 10.0. The first kappa shape index (κ1) is 10.5. The number of hydrogen-bond acceptors (Lipinski definition) is 2. The fraction of sp³-hybridized carbons (Fsp3) is 0.250. The molecule has 0 aliphatic rings. The minimum atomic E-state index is 0.697. The Kier molecular flexibility index (Phi) is 3.46. The summed E-state index contributed by atoms with van der Waals surface area (Å²) in [5.74, 6) is 0.732. The molecule has 0 atom stereocenters. The number of carbonyl (C=O) groups excluding carboxylic acids is 1. The van der Waals surface area contributed by atoms with Gasteiger partial charge in [0, 0.05) is 11.1 Å². The van der Waals surface area contributed by atoms with Gasteiger partial charge in [-0.2, -0.15) is 0 Å². The van der Waals surface area contributed by atoms with Gasteiger partial charge >= 0.3 is 0 Å². The van der Waals surface area contributed by atoms with Crippen LogP contribution < -0.4 is 4.74 Å². The van der Waals surface area contributed by atoms with Crippen LogP contribution in [0, 0.1) is 0 Å². The molecule has 0 fully saturated rings. The molecule has 0 aliphatic carbocycles. The third kappa shape index (κ3) is 2.02. The van der Waals surface area contributed by atoms with Gasteiger partial charge in [-0.05, 0) is 19.9 Å². The second-order valence-corrected chi connectivity index (χ2v) is 3.23. The Bertz CT molecular complexity index is 360. The number of para-hydroxylation sites is 1. The summed E-state index contributed by atoms with van der Waals surface area (Å²) >= 11 is 0. The maximum absolute atomic E-state index is 10.9. The molecule has 0 amide bonds. The first-order valence-corrected chi connectivity index (χ1v) is 4.46. The molecule has 0 radical (unpaired) electrons. The molecule has 0 spiro atoms. The number of ether oxygens (including phenoxy) is 1. The molecule has 0 bridgehead atoms. The van der Waals surface area contributed by atoms with Crippen LogP contribution in [0.25, 0.3) is 5.57 Å². The topological polar surface area (TPSA) is 26.3 Å². The van der Waals surface area contributed by atoms with Crippen LogP contribution in [0.15, 0.2) is 29.8 Å². The van der Waals surface area contributed by atoms with Gasteiger partial charge in [0.25, 0.3) is 0 Å². The molecule has 2 nitrogen and oxygen atoms in total. The van der Waals surface area contributed by atoms with Crippen molar-refractivity contribution in [3.8, 4) is 5.75 Å². The van der Waals surface area contributed by atoms with Gasteiger partial charge in [-0.15, -0.1) is 0 Å². The van der Waals surface area contributed by atoms with Crippen molar-refractivity contribution in [1.82, 2.24) is 0 Å². The molecule has 1 aromatic rings. The van der Waals surface area contributed by atoms with E-state index in [0.29, 0.717) is 5.57 Å². The van der Waals surface area contributed by atoms with E-state index >= 15 is 0 Å². The fourth-order valence-electron chi connectivity index (χ4n) is 1.32. The van der Waals surface area contributed by atoms with Crippen molar-refractivity contribution >= 4 is 11.9 Å². The summed E-state index contributed by atoms with van der Waals surface area (Å²) in [6.07, 6.45) is 0.868. The number of benzene rings is 1. The fourth-order valence-corrected chi connectivity index (χ4v) is 1.32. The van der Waals surface area contributed by atoms with Crippen molar-refractivity contribution in [3.05, 3.63) is 35.4 Å². The van der Waals surface area contributed by atoms with Crippen molar-refractivity contribution in [2.24, 2.45) is 0 Å². The summed E-state index contributed by atoms with van der Waals surface area (Å²) in [5, 5.41) is 0. The van der Waals surface area contributed by atoms with E-state index in [9.17, 15) is 4.79 Å². The van der Waals surface area contributed by atoms with Crippen molar-refractivity contribution in [2.75, 3.05) is 7.11 Å². The zero-order valence-corrected chi connectivity index (χ0v) is 8.70. The summed E-state index contributed by atoms with van der Waals surface area (Å²) in [5.41, 5.74) is 2.54. The third-order valence-corrected chi connectivity index (χ3v) is 2.05. The molecule has 2 heteroatoms. The number of methoxy groups -OCH3 is 1. The highest BCUT2D eigenvalue weighted by Gasteiger charge is 2.07. The van der Waals surface area contributed by atoms with Crippen LogP contribution >= 0.6 is 0 Å². The molecular formula is C12H14O2. The highest BCUT2D eigenvalue weighted by Crippen LogP contribution is 2.26. The van der Waals surface area contributed by atoms with Crippen LogP contribution in [0.4, 0.5) is 0 Å². The van der Waals surface area contributed by atoms with E-state index in [-0.39, 0.29) is 0 Å². The summed E-state index contributed by atoms with van der Waals surface area (Å²) in [6, 6.07) is 7.51. The number of allylic oxidation sites excluding steroid dienone is 2. The average Bonchev–Trinajstić information content (AvgIpc) is 2.19. The van der Waals surface area contributed by atoms with Crippen LogP contribution in [0.3, 0.4) is 0 Å². The number of aldehydes is 1. The Morgan fingerprint density at radius 3 is 2.43 bits per heavy atom. The minimum Gasteiger partial charge on any atom is -0.496 e. The first-order valence-electron chi connectivity index (χ1n) is 4.46. The lowest BCUT2D eigenvalue weighted by molar-refractivity contribution is -0.103. The maximum Gasteiger partial charge on any atom is 0.150 e. The predicted octanol–water partition coefficient (Wildman–Crippen LogP) is 2.69. The van der Waals surface area contributed by atoms with E-state index in [1.54, 1.807) is 7.11 Å². The monoisotopic (exact) mass is 190 g/mol. The van der Waals surface area contributed by atoms with Gasteiger partial charge in [-0.25, -0.2) is 0 Å². The van der Waals surface area contributed by atoms with Crippen molar-refractivity contribution in [1.29, 1.82) is 0 Å². The molecule has 0 saturated carbocycles. The molecular weight excluding hydrogens is 176 g/mol. The lowest BCUT2D eigenvalue weighted by Crippen LogP contribution is -1.93. The third-order valence-electron chi connectivity index (χ3n) is 2.05. The van der Waals surface area contributed by atoms with E-state index in [0.717, 1.165) is 23.2 Å². The van der Waals surface area contributed by atoms with Crippen LogP contribution in [0.2, 0.25) is 0 Å². The Balaban J connectivity index is 3.30. The largest absolute Gasteiger partial charge is 0.496 e. The zero-order chi connectivity index (χ0) is 10.6. The Hall–Kier alpha value is -1.57. The number of hydrogen-bond donors (Lipinski definition) is 0. The maximum atomic E-state index is 10.9. The SMILES string of the molecule is COc1ccccc1C(C=O)=C(C)C. The number of carbonyl (C=O) groups is 1. The van der Waals surface area contributed by atoms with Gasteiger partial charge in [-0.1, -0.05) is 23.8 Å². The van der Waals surface area contributed by atoms with Crippen LogP contribution in [-0.2, 0) is 4.79 Å². The van der Waals surface area contributed by atoms with Gasteiger partial charge in [0.15, 0.2) is 6.29 Å². The Labute approximate surface area is 84.2 Å². The average molecular weight is 190 g/mol. The number of rotatable bonds is 3. The Morgan fingerprint density at radius 1 is 1.29 bits per heavy atom. The molecule has 0 saturated heterocycles. The van der Waals surface area contributed by atoms with Gasteiger partial charge in [0.2, 0.25) is 0 Å². The van der Waals surface area contributed by atoms with Crippen LogP contribution in [-0.4, -0.2) is 13.4 Å². The Morgan fingerprint density at radius 2 is 1.93 bits per heavy atom.